The third-order valence-electron chi connectivity index (χ3n) is 5.22. The highest BCUT2D eigenvalue weighted by molar-refractivity contribution is 7.99. The normalized spacial score (nSPS) is 12.9. The third kappa shape index (κ3) is 5.29. The number of para-hydroxylation sites is 1. The number of fused-ring (bicyclic) bond motifs is 1. The fraction of sp³-hybridized carbons (Fsp3) is 0.391. The molecule has 2 aromatic heterocycles. The Labute approximate surface area is 200 Å². The summed E-state index contributed by atoms with van der Waals surface area (Å²) in [6.07, 6.45) is 3.91. The largest absolute Gasteiger partial charge is 0.462 e. The average molecular weight is 487 g/mol. The summed E-state index contributed by atoms with van der Waals surface area (Å²) in [6, 6.07) is 9.71. The van der Waals surface area contributed by atoms with Crippen LogP contribution in [0.3, 0.4) is 0 Å². The van der Waals surface area contributed by atoms with E-state index in [2.05, 4.69) is 15.5 Å². The first kappa shape index (κ1) is 23.5. The predicted octanol–water partition coefficient (Wildman–Crippen LogP) is 4.26. The topological polar surface area (TPSA) is 95.3 Å². The molecule has 33 heavy (non-hydrogen) atoms. The Hall–Kier alpha value is -2.69. The maximum absolute atomic E-state index is 12.9. The summed E-state index contributed by atoms with van der Waals surface area (Å²) >= 11 is 2.77. The summed E-state index contributed by atoms with van der Waals surface area (Å²) in [5, 5.41) is 12.6. The van der Waals surface area contributed by atoms with Crippen LogP contribution in [-0.4, -0.2) is 46.1 Å². The van der Waals surface area contributed by atoms with E-state index in [-0.39, 0.29) is 17.6 Å². The maximum Gasteiger partial charge on any atom is 0.341 e. The number of ether oxygens (including phenoxy) is 2. The van der Waals surface area contributed by atoms with Crippen molar-refractivity contribution in [2.75, 3.05) is 24.8 Å². The van der Waals surface area contributed by atoms with Gasteiger partial charge >= 0.3 is 5.97 Å². The fourth-order valence-electron chi connectivity index (χ4n) is 3.82. The molecule has 2 heterocycles. The summed E-state index contributed by atoms with van der Waals surface area (Å²) in [7, 11) is 1.60. The van der Waals surface area contributed by atoms with E-state index in [1.807, 2.05) is 34.9 Å². The molecule has 10 heteroatoms. The van der Waals surface area contributed by atoms with Gasteiger partial charge in [-0.3, -0.25) is 9.36 Å². The van der Waals surface area contributed by atoms with E-state index in [4.69, 9.17) is 9.47 Å². The molecule has 1 aliphatic carbocycles. The lowest BCUT2D eigenvalue weighted by Gasteiger charge is -2.12. The van der Waals surface area contributed by atoms with Crippen LogP contribution >= 0.6 is 23.1 Å². The monoisotopic (exact) mass is 486 g/mol. The molecular formula is C23H26N4O4S2. The van der Waals surface area contributed by atoms with Crippen molar-refractivity contribution in [3.05, 3.63) is 52.2 Å². The molecule has 0 fully saturated rings. The quantitative estimate of drug-likeness (QED) is 0.357. The zero-order valence-electron chi connectivity index (χ0n) is 18.6. The number of anilines is 1. The molecule has 0 atom stereocenters. The summed E-state index contributed by atoms with van der Waals surface area (Å²) < 4.78 is 12.4. The van der Waals surface area contributed by atoms with Gasteiger partial charge < -0.3 is 14.8 Å². The van der Waals surface area contributed by atoms with Crippen LogP contribution in [0.15, 0.2) is 35.5 Å². The van der Waals surface area contributed by atoms with Gasteiger partial charge in [-0.2, -0.15) is 0 Å². The number of rotatable bonds is 9. The molecule has 0 unspecified atom stereocenters. The van der Waals surface area contributed by atoms with E-state index in [0.29, 0.717) is 34.8 Å². The Morgan fingerprint density at radius 3 is 2.73 bits per heavy atom. The summed E-state index contributed by atoms with van der Waals surface area (Å²) in [6.45, 7) is 2.39. The van der Waals surface area contributed by atoms with Crippen LogP contribution in [0.4, 0.5) is 5.00 Å². The molecule has 1 N–H and O–H groups in total. The van der Waals surface area contributed by atoms with Gasteiger partial charge in [-0.1, -0.05) is 30.0 Å². The van der Waals surface area contributed by atoms with E-state index in [0.717, 1.165) is 36.9 Å². The van der Waals surface area contributed by atoms with Crippen LogP contribution in [0.25, 0.3) is 5.69 Å². The van der Waals surface area contributed by atoms with E-state index in [9.17, 15) is 9.59 Å². The van der Waals surface area contributed by atoms with Crippen molar-refractivity contribution in [1.82, 2.24) is 14.8 Å². The highest BCUT2D eigenvalue weighted by Gasteiger charge is 2.27. The van der Waals surface area contributed by atoms with Gasteiger partial charge in [-0.05, 0) is 50.3 Å². The predicted molar refractivity (Wildman–Crippen MR) is 128 cm³/mol. The lowest BCUT2D eigenvalue weighted by molar-refractivity contribution is -0.113. The smallest absolute Gasteiger partial charge is 0.341 e. The van der Waals surface area contributed by atoms with E-state index in [1.165, 1.54) is 28.0 Å². The number of amides is 1. The first-order valence-corrected chi connectivity index (χ1v) is 12.7. The van der Waals surface area contributed by atoms with Crippen LogP contribution in [0.5, 0.6) is 0 Å². The number of nitrogens with zero attached hydrogens (tertiary/aromatic N) is 3. The van der Waals surface area contributed by atoms with Crippen molar-refractivity contribution < 1.29 is 19.1 Å². The second-order valence-corrected chi connectivity index (χ2v) is 9.52. The Morgan fingerprint density at radius 2 is 1.97 bits per heavy atom. The minimum Gasteiger partial charge on any atom is -0.462 e. The average Bonchev–Trinajstić information content (AvgIpc) is 3.39. The Balaban J connectivity index is 1.51. The number of aromatic nitrogens is 3. The number of nitrogens with one attached hydrogen (secondary N) is 1. The molecule has 1 aromatic carbocycles. The maximum atomic E-state index is 12.9. The summed E-state index contributed by atoms with van der Waals surface area (Å²) in [4.78, 5) is 26.6. The van der Waals surface area contributed by atoms with Crippen molar-refractivity contribution in [2.24, 2.45) is 0 Å². The number of esters is 1. The van der Waals surface area contributed by atoms with Crippen LogP contribution in [0, 0.1) is 0 Å². The minimum absolute atomic E-state index is 0.128. The molecule has 174 valence electrons. The molecule has 0 radical (unpaired) electrons. The number of thioether (sulfide) groups is 1. The minimum atomic E-state index is -0.368. The van der Waals surface area contributed by atoms with Crippen molar-refractivity contribution in [2.45, 2.75) is 44.4 Å². The first-order chi connectivity index (χ1) is 16.1. The standard InChI is InChI=1S/C23H26N4O4S2/c1-3-31-22(29)20-16-11-7-8-12-17(16)33-21(20)24-19(28)14-32-23-26-25-18(13-30-2)27(23)15-9-5-4-6-10-15/h4-6,9-10H,3,7-8,11-14H2,1-2H3,(H,24,28). The zero-order chi connectivity index (χ0) is 23.2. The van der Waals surface area contributed by atoms with Gasteiger partial charge in [0.2, 0.25) is 5.91 Å². The van der Waals surface area contributed by atoms with Crippen LogP contribution < -0.4 is 5.32 Å². The van der Waals surface area contributed by atoms with Gasteiger partial charge in [-0.15, -0.1) is 21.5 Å². The van der Waals surface area contributed by atoms with Crippen LogP contribution in [0.1, 0.15) is 46.4 Å². The first-order valence-electron chi connectivity index (χ1n) is 10.8. The highest BCUT2D eigenvalue weighted by atomic mass is 32.2. The van der Waals surface area contributed by atoms with Crippen molar-refractivity contribution in [1.29, 1.82) is 0 Å². The molecular weight excluding hydrogens is 460 g/mol. The lowest BCUT2D eigenvalue weighted by Crippen LogP contribution is -2.17. The molecule has 0 saturated carbocycles. The molecule has 0 aliphatic heterocycles. The number of aryl methyl sites for hydroxylation is 1. The van der Waals surface area contributed by atoms with Gasteiger partial charge in [0.15, 0.2) is 11.0 Å². The van der Waals surface area contributed by atoms with Crippen molar-refractivity contribution in [3.8, 4) is 5.69 Å². The fourth-order valence-corrected chi connectivity index (χ4v) is 5.88. The second kappa shape index (κ2) is 11.0. The van der Waals surface area contributed by atoms with Crippen LogP contribution in [0.2, 0.25) is 0 Å². The number of carbonyl (C=O) groups excluding carboxylic acids is 2. The van der Waals surface area contributed by atoms with E-state index < -0.39 is 0 Å². The molecule has 1 amide bonds. The van der Waals surface area contributed by atoms with E-state index >= 15 is 0 Å². The number of thiophene rings is 1. The van der Waals surface area contributed by atoms with Gasteiger partial charge in [0, 0.05) is 17.7 Å². The van der Waals surface area contributed by atoms with Crippen molar-refractivity contribution in [3.63, 3.8) is 0 Å². The lowest BCUT2D eigenvalue weighted by atomic mass is 9.95. The molecule has 4 rings (SSSR count). The summed E-state index contributed by atoms with van der Waals surface area (Å²) in [5.41, 5.74) is 2.44. The molecule has 0 spiro atoms. The molecule has 3 aromatic rings. The number of carbonyl (C=O) groups is 2. The second-order valence-electron chi connectivity index (χ2n) is 7.48. The van der Waals surface area contributed by atoms with Crippen molar-refractivity contribution >= 4 is 40.0 Å². The summed E-state index contributed by atoms with van der Waals surface area (Å²) in [5.74, 6) is 0.207. The van der Waals surface area contributed by atoms with Gasteiger partial charge in [0.1, 0.15) is 11.6 Å². The van der Waals surface area contributed by atoms with Gasteiger partial charge in [-0.25, -0.2) is 4.79 Å². The number of benzene rings is 1. The molecule has 1 aliphatic rings. The SMILES string of the molecule is CCOC(=O)c1c(NC(=O)CSc2nnc(COC)n2-c2ccccc2)sc2c1CCCC2. The number of methoxy groups -OCH3 is 1. The highest BCUT2D eigenvalue weighted by Crippen LogP contribution is 2.38. The number of hydrogen-bond donors (Lipinski definition) is 1. The van der Waals surface area contributed by atoms with Crippen LogP contribution in [-0.2, 0) is 33.7 Å². The number of hydrogen-bond acceptors (Lipinski definition) is 8. The molecule has 8 nitrogen and oxygen atoms in total. The van der Waals surface area contributed by atoms with Gasteiger partial charge in [0.25, 0.3) is 0 Å². The zero-order valence-corrected chi connectivity index (χ0v) is 20.3. The van der Waals surface area contributed by atoms with Gasteiger partial charge in [0.05, 0.1) is 17.9 Å². The Morgan fingerprint density at radius 1 is 1.18 bits per heavy atom. The van der Waals surface area contributed by atoms with E-state index in [1.54, 1.807) is 14.0 Å². The Kier molecular flexibility index (Phi) is 7.79. The molecule has 0 bridgehead atoms. The molecule has 0 saturated heterocycles. The third-order valence-corrected chi connectivity index (χ3v) is 7.36. The Bertz CT molecular complexity index is 1130.